The van der Waals surface area contributed by atoms with E-state index in [-0.39, 0.29) is 12.3 Å². The Balaban J connectivity index is 2.16. The van der Waals surface area contributed by atoms with Gasteiger partial charge in [-0.2, -0.15) is 0 Å². The van der Waals surface area contributed by atoms with Gasteiger partial charge < -0.3 is 5.32 Å². The van der Waals surface area contributed by atoms with Gasteiger partial charge in [0.2, 0.25) is 5.24 Å². The molecule has 0 bridgehead atoms. The summed E-state index contributed by atoms with van der Waals surface area (Å²) in [7, 11) is 0. The van der Waals surface area contributed by atoms with E-state index in [0.717, 1.165) is 5.56 Å². The third-order valence-corrected chi connectivity index (χ3v) is 3.06. The number of benzene rings is 2. The summed E-state index contributed by atoms with van der Waals surface area (Å²) in [6, 6.07) is 17.7. The average Bonchev–Trinajstić information content (AvgIpc) is 2.48. The summed E-state index contributed by atoms with van der Waals surface area (Å²) in [5, 5.41) is 2.36. The number of rotatable bonds is 5. The predicted molar refractivity (Wildman–Crippen MR) is 78.6 cm³/mol. The molecular formula is C16H14ClNO2. The van der Waals surface area contributed by atoms with Crippen LogP contribution in [0.2, 0.25) is 0 Å². The van der Waals surface area contributed by atoms with Gasteiger partial charge in [0, 0.05) is 12.0 Å². The molecule has 1 amide bonds. The van der Waals surface area contributed by atoms with Gasteiger partial charge in [-0.25, -0.2) is 0 Å². The van der Waals surface area contributed by atoms with Crippen molar-refractivity contribution in [2.45, 2.75) is 12.5 Å². The number of hydrogen-bond acceptors (Lipinski definition) is 2. The monoisotopic (exact) mass is 287 g/mol. The summed E-state index contributed by atoms with van der Waals surface area (Å²) in [5.74, 6) is -0.225. The number of amides is 1. The Morgan fingerprint density at radius 2 is 1.50 bits per heavy atom. The lowest BCUT2D eigenvalue weighted by Gasteiger charge is -2.17. The minimum Gasteiger partial charge on any atom is -0.345 e. The van der Waals surface area contributed by atoms with E-state index in [9.17, 15) is 9.59 Å². The lowest BCUT2D eigenvalue weighted by Crippen LogP contribution is -2.29. The molecule has 0 aromatic heterocycles. The van der Waals surface area contributed by atoms with Crippen molar-refractivity contribution in [3.05, 3.63) is 71.8 Å². The van der Waals surface area contributed by atoms with E-state index in [0.29, 0.717) is 5.56 Å². The lowest BCUT2D eigenvalue weighted by atomic mass is 10.0. The lowest BCUT2D eigenvalue weighted by molar-refractivity contribution is -0.112. The molecule has 0 radical (unpaired) electrons. The van der Waals surface area contributed by atoms with Crippen LogP contribution in [0.4, 0.5) is 0 Å². The minimum absolute atomic E-state index is 0.0597. The zero-order valence-electron chi connectivity index (χ0n) is 10.8. The Morgan fingerprint density at radius 3 is 2.05 bits per heavy atom. The summed E-state index contributed by atoms with van der Waals surface area (Å²) in [4.78, 5) is 23.3. The van der Waals surface area contributed by atoms with Crippen molar-refractivity contribution in [2.75, 3.05) is 0 Å². The summed E-state index contributed by atoms with van der Waals surface area (Å²) >= 11 is 5.46. The molecule has 2 aromatic rings. The molecule has 0 spiro atoms. The van der Waals surface area contributed by atoms with Crippen LogP contribution in [0.25, 0.3) is 0 Å². The van der Waals surface area contributed by atoms with Crippen LogP contribution in [-0.4, -0.2) is 11.1 Å². The van der Waals surface area contributed by atoms with E-state index in [1.54, 1.807) is 24.3 Å². The molecule has 0 heterocycles. The largest absolute Gasteiger partial charge is 0.345 e. The van der Waals surface area contributed by atoms with E-state index < -0.39 is 11.3 Å². The molecule has 0 fully saturated rings. The van der Waals surface area contributed by atoms with Crippen LogP contribution in [-0.2, 0) is 4.79 Å². The van der Waals surface area contributed by atoms with Crippen LogP contribution in [0.1, 0.15) is 28.4 Å². The fourth-order valence-electron chi connectivity index (χ4n) is 1.93. The first-order valence-electron chi connectivity index (χ1n) is 6.26. The van der Waals surface area contributed by atoms with Crippen molar-refractivity contribution in [1.29, 1.82) is 0 Å². The fraction of sp³-hybridized carbons (Fsp3) is 0.125. The molecule has 4 heteroatoms. The smallest absolute Gasteiger partial charge is 0.251 e. The van der Waals surface area contributed by atoms with E-state index >= 15 is 0 Å². The van der Waals surface area contributed by atoms with Gasteiger partial charge in [-0.15, -0.1) is 0 Å². The van der Waals surface area contributed by atoms with E-state index in [1.165, 1.54) is 0 Å². The van der Waals surface area contributed by atoms with E-state index in [4.69, 9.17) is 11.6 Å². The number of carbonyl (C=O) groups excluding carboxylic acids is 2. The molecule has 1 N–H and O–H groups in total. The molecule has 0 saturated carbocycles. The van der Waals surface area contributed by atoms with Gasteiger partial charge in [0.15, 0.2) is 0 Å². The predicted octanol–water partition coefficient (Wildman–Crippen LogP) is 3.31. The molecule has 2 aromatic carbocycles. The maximum atomic E-state index is 12.1. The standard InChI is InChI=1S/C16H14ClNO2/c17-15(19)11-14(12-7-3-1-4-8-12)18-16(20)13-9-5-2-6-10-13/h1-10,14H,11H2,(H,18,20). The van der Waals surface area contributed by atoms with E-state index in [1.807, 2.05) is 36.4 Å². The van der Waals surface area contributed by atoms with Gasteiger partial charge in [-0.3, -0.25) is 9.59 Å². The normalized spacial score (nSPS) is 11.7. The van der Waals surface area contributed by atoms with Gasteiger partial charge in [0.1, 0.15) is 0 Å². The van der Waals surface area contributed by atoms with Crippen LogP contribution in [0.15, 0.2) is 60.7 Å². The second-order valence-electron chi connectivity index (χ2n) is 4.36. The highest BCUT2D eigenvalue weighted by Crippen LogP contribution is 2.18. The molecule has 0 aliphatic heterocycles. The third kappa shape index (κ3) is 3.93. The Labute approximate surface area is 122 Å². The van der Waals surface area contributed by atoms with Crippen LogP contribution in [0.3, 0.4) is 0 Å². The summed E-state index contributed by atoms with van der Waals surface area (Å²) < 4.78 is 0. The quantitative estimate of drug-likeness (QED) is 0.858. The second-order valence-corrected chi connectivity index (χ2v) is 4.78. The Kier molecular flexibility index (Phi) is 4.91. The molecule has 2 rings (SSSR count). The first-order chi connectivity index (χ1) is 9.66. The average molecular weight is 288 g/mol. The third-order valence-electron chi connectivity index (χ3n) is 2.91. The molecule has 0 aliphatic carbocycles. The topological polar surface area (TPSA) is 46.2 Å². The molecule has 1 unspecified atom stereocenters. The van der Waals surface area contributed by atoms with Crippen molar-refractivity contribution >= 4 is 22.8 Å². The van der Waals surface area contributed by atoms with Gasteiger partial charge >= 0.3 is 0 Å². The van der Waals surface area contributed by atoms with Gasteiger partial charge in [0.05, 0.1) is 6.04 Å². The number of halogens is 1. The highest BCUT2D eigenvalue weighted by molar-refractivity contribution is 6.63. The first-order valence-corrected chi connectivity index (χ1v) is 6.64. The van der Waals surface area contributed by atoms with Gasteiger partial charge in [-0.1, -0.05) is 48.5 Å². The number of carbonyl (C=O) groups is 2. The molecular weight excluding hydrogens is 274 g/mol. The van der Waals surface area contributed by atoms with Gasteiger partial charge in [-0.05, 0) is 29.3 Å². The van der Waals surface area contributed by atoms with Crippen molar-refractivity contribution in [2.24, 2.45) is 0 Å². The number of nitrogens with one attached hydrogen (secondary N) is 1. The van der Waals surface area contributed by atoms with Crippen molar-refractivity contribution < 1.29 is 9.59 Å². The van der Waals surface area contributed by atoms with Crippen molar-refractivity contribution in [1.82, 2.24) is 5.32 Å². The van der Waals surface area contributed by atoms with Crippen LogP contribution in [0.5, 0.6) is 0 Å². The van der Waals surface area contributed by atoms with Crippen LogP contribution >= 0.6 is 11.6 Å². The molecule has 0 aliphatic rings. The Morgan fingerprint density at radius 1 is 0.950 bits per heavy atom. The molecule has 102 valence electrons. The fourth-order valence-corrected chi connectivity index (χ4v) is 2.08. The summed E-state index contributed by atoms with van der Waals surface area (Å²) in [5.41, 5.74) is 1.40. The molecule has 0 saturated heterocycles. The summed E-state index contributed by atoms with van der Waals surface area (Å²) in [6.07, 6.45) is 0.0597. The highest BCUT2D eigenvalue weighted by Gasteiger charge is 2.17. The highest BCUT2D eigenvalue weighted by atomic mass is 35.5. The Bertz CT molecular complexity index is 584. The van der Waals surface area contributed by atoms with Crippen LogP contribution in [0, 0.1) is 0 Å². The SMILES string of the molecule is O=C(Cl)CC(NC(=O)c1ccccc1)c1ccccc1. The molecule has 3 nitrogen and oxygen atoms in total. The zero-order valence-corrected chi connectivity index (χ0v) is 11.5. The van der Waals surface area contributed by atoms with Crippen molar-refractivity contribution in [3.8, 4) is 0 Å². The second kappa shape index (κ2) is 6.87. The maximum Gasteiger partial charge on any atom is 0.251 e. The van der Waals surface area contributed by atoms with Crippen LogP contribution < -0.4 is 5.32 Å². The molecule has 1 atom stereocenters. The summed E-state index contributed by atoms with van der Waals surface area (Å²) in [6.45, 7) is 0. The maximum absolute atomic E-state index is 12.1. The molecule has 20 heavy (non-hydrogen) atoms. The van der Waals surface area contributed by atoms with E-state index in [2.05, 4.69) is 5.32 Å². The Hall–Kier alpha value is -2.13. The van der Waals surface area contributed by atoms with Gasteiger partial charge in [0.25, 0.3) is 5.91 Å². The first kappa shape index (κ1) is 14.3. The number of hydrogen-bond donors (Lipinski definition) is 1. The minimum atomic E-state index is -0.479. The van der Waals surface area contributed by atoms with Crippen molar-refractivity contribution in [3.63, 3.8) is 0 Å². The zero-order chi connectivity index (χ0) is 14.4.